The number of hydrogen-bond acceptors (Lipinski definition) is 4. The van der Waals surface area contributed by atoms with Crippen molar-refractivity contribution in [1.82, 2.24) is 0 Å². The van der Waals surface area contributed by atoms with Crippen LogP contribution in [0.5, 0.6) is 0 Å². The van der Waals surface area contributed by atoms with Crippen LogP contribution >= 0.6 is 0 Å². The Morgan fingerprint density at radius 3 is 2.48 bits per heavy atom. The third kappa shape index (κ3) is 6.45. The summed E-state index contributed by atoms with van der Waals surface area (Å²) in [4.78, 5) is 35.3. The number of Topliss-reactive ketones (excluding diaryl/α,β-unsaturated/α-hetero) is 1. The zero-order chi connectivity index (χ0) is 19.8. The molecule has 1 aliphatic rings. The van der Waals surface area contributed by atoms with Gasteiger partial charge in [-0.15, -0.1) is 0 Å². The van der Waals surface area contributed by atoms with E-state index in [1.54, 1.807) is 0 Å². The molecule has 0 bridgehead atoms. The summed E-state index contributed by atoms with van der Waals surface area (Å²) in [5.74, 6) is -1.51. The first-order valence-corrected chi connectivity index (χ1v) is 9.67. The van der Waals surface area contributed by atoms with Gasteiger partial charge in [0.2, 0.25) is 11.7 Å². The number of nitrogens with one attached hydrogen (secondary N) is 1. The van der Waals surface area contributed by atoms with Crippen LogP contribution in [0.1, 0.15) is 69.2 Å². The van der Waals surface area contributed by atoms with Crippen LogP contribution in [0.3, 0.4) is 0 Å². The molecule has 1 amide bonds. The first kappa shape index (κ1) is 21.1. The van der Waals surface area contributed by atoms with Crippen LogP contribution in [0.15, 0.2) is 18.2 Å². The molecule has 1 aromatic carbocycles. The lowest BCUT2D eigenvalue weighted by Gasteiger charge is -2.27. The Kier molecular flexibility index (Phi) is 7.95. The van der Waals surface area contributed by atoms with Gasteiger partial charge < -0.3 is 10.1 Å². The van der Waals surface area contributed by atoms with Crippen molar-refractivity contribution < 1.29 is 23.5 Å². The number of anilines is 1. The molecule has 0 spiro atoms. The lowest BCUT2D eigenvalue weighted by atomic mass is 9.80. The highest BCUT2D eigenvalue weighted by Gasteiger charge is 2.27. The fourth-order valence-electron chi connectivity index (χ4n) is 3.53. The maximum absolute atomic E-state index is 14.1. The summed E-state index contributed by atoms with van der Waals surface area (Å²) in [5, 5.41) is 2.45. The fourth-order valence-corrected chi connectivity index (χ4v) is 3.53. The first-order chi connectivity index (χ1) is 12.9. The summed E-state index contributed by atoms with van der Waals surface area (Å²) < 4.78 is 19.2. The molecular formula is C21H28FNO4. The molecule has 1 aromatic rings. The molecule has 0 heterocycles. The topological polar surface area (TPSA) is 72.5 Å². The van der Waals surface area contributed by atoms with E-state index >= 15 is 0 Å². The second kappa shape index (κ2) is 10.2. The Balaban J connectivity index is 1.81. The van der Waals surface area contributed by atoms with Gasteiger partial charge in [0.25, 0.3) is 0 Å². The smallest absolute Gasteiger partial charge is 0.309 e. The van der Waals surface area contributed by atoms with Gasteiger partial charge in [-0.25, -0.2) is 4.39 Å². The van der Waals surface area contributed by atoms with Crippen LogP contribution in [0.2, 0.25) is 0 Å². The zero-order valence-corrected chi connectivity index (χ0v) is 16.1. The SMILES string of the molecule is CCCCC1CCC(C(=O)OCC(=O)c2ccc(NC(C)=O)cc2F)CC1. The Hall–Kier alpha value is -2.24. The van der Waals surface area contributed by atoms with Crippen molar-refractivity contribution in [2.45, 2.75) is 58.8 Å². The van der Waals surface area contributed by atoms with Crippen LogP contribution in [0, 0.1) is 17.7 Å². The van der Waals surface area contributed by atoms with E-state index in [0.29, 0.717) is 5.92 Å². The molecule has 1 N–H and O–H groups in total. The van der Waals surface area contributed by atoms with Crippen LogP contribution < -0.4 is 5.32 Å². The van der Waals surface area contributed by atoms with Gasteiger partial charge in [0.05, 0.1) is 11.5 Å². The molecular weight excluding hydrogens is 349 g/mol. The van der Waals surface area contributed by atoms with Crippen LogP contribution in [0.4, 0.5) is 10.1 Å². The van der Waals surface area contributed by atoms with Crippen molar-refractivity contribution in [3.8, 4) is 0 Å². The molecule has 27 heavy (non-hydrogen) atoms. The van der Waals surface area contributed by atoms with E-state index in [9.17, 15) is 18.8 Å². The quantitative estimate of drug-likeness (QED) is 0.534. The summed E-state index contributed by atoms with van der Waals surface area (Å²) >= 11 is 0. The Bertz CT molecular complexity index is 681. The highest BCUT2D eigenvalue weighted by atomic mass is 19.1. The number of unbranched alkanes of at least 4 members (excludes halogenated alkanes) is 1. The molecule has 0 radical (unpaired) electrons. The van der Waals surface area contributed by atoms with Gasteiger partial charge in [-0.2, -0.15) is 0 Å². The number of carbonyl (C=O) groups excluding carboxylic acids is 3. The van der Waals surface area contributed by atoms with Gasteiger partial charge in [0.15, 0.2) is 6.61 Å². The number of esters is 1. The monoisotopic (exact) mass is 377 g/mol. The van der Waals surface area contributed by atoms with Crippen molar-refractivity contribution in [1.29, 1.82) is 0 Å². The molecule has 5 nitrogen and oxygen atoms in total. The van der Waals surface area contributed by atoms with Crippen molar-refractivity contribution in [2.24, 2.45) is 11.8 Å². The fraction of sp³-hybridized carbons (Fsp3) is 0.571. The summed E-state index contributed by atoms with van der Waals surface area (Å²) in [6.45, 7) is 3.02. The van der Waals surface area contributed by atoms with Gasteiger partial charge in [0.1, 0.15) is 5.82 Å². The van der Waals surface area contributed by atoms with Gasteiger partial charge in [-0.05, 0) is 49.8 Å². The molecule has 1 saturated carbocycles. The molecule has 0 atom stereocenters. The zero-order valence-electron chi connectivity index (χ0n) is 16.1. The summed E-state index contributed by atoms with van der Waals surface area (Å²) in [7, 11) is 0. The second-order valence-corrected chi connectivity index (χ2v) is 7.27. The normalized spacial score (nSPS) is 19.4. The van der Waals surface area contributed by atoms with E-state index in [4.69, 9.17) is 4.74 Å². The highest BCUT2D eigenvalue weighted by Crippen LogP contribution is 2.32. The van der Waals surface area contributed by atoms with E-state index < -0.39 is 18.2 Å². The van der Waals surface area contributed by atoms with E-state index in [-0.39, 0.29) is 29.0 Å². The number of carbonyl (C=O) groups is 3. The number of hydrogen-bond donors (Lipinski definition) is 1. The maximum atomic E-state index is 14.1. The van der Waals surface area contributed by atoms with Crippen LogP contribution in [-0.2, 0) is 14.3 Å². The molecule has 0 aromatic heterocycles. The second-order valence-electron chi connectivity index (χ2n) is 7.27. The molecule has 1 aliphatic carbocycles. The first-order valence-electron chi connectivity index (χ1n) is 9.67. The van der Waals surface area contributed by atoms with Crippen LogP contribution in [0.25, 0.3) is 0 Å². The number of ketones is 1. The minimum atomic E-state index is -0.751. The van der Waals surface area contributed by atoms with Crippen molar-refractivity contribution >= 4 is 23.3 Å². The molecule has 0 saturated heterocycles. The predicted molar refractivity (Wildman–Crippen MR) is 101 cm³/mol. The van der Waals surface area contributed by atoms with Crippen LogP contribution in [-0.4, -0.2) is 24.3 Å². The number of halogens is 1. The van der Waals surface area contributed by atoms with E-state index in [0.717, 1.165) is 31.7 Å². The van der Waals surface area contributed by atoms with E-state index in [1.165, 1.54) is 38.3 Å². The summed E-state index contributed by atoms with van der Waals surface area (Å²) in [5.41, 5.74) is 0.119. The van der Waals surface area contributed by atoms with Crippen molar-refractivity contribution in [3.05, 3.63) is 29.6 Å². The molecule has 0 aliphatic heterocycles. The predicted octanol–water partition coefficient (Wildman–Crippen LogP) is 4.51. The summed E-state index contributed by atoms with van der Waals surface area (Å²) in [6.07, 6.45) is 7.25. The third-order valence-corrected chi connectivity index (χ3v) is 5.08. The largest absolute Gasteiger partial charge is 0.457 e. The average molecular weight is 377 g/mol. The molecule has 0 unspecified atom stereocenters. The average Bonchev–Trinajstić information content (AvgIpc) is 2.64. The lowest BCUT2D eigenvalue weighted by Crippen LogP contribution is -2.26. The van der Waals surface area contributed by atoms with Crippen molar-refractivity contribution in [3.63, 3.8) is 0 Å². The lowest BCUT2D eigenvalue weighted by molar-refractivity contribution is -0.148. The molecule has 2 rings (SSSR count). The number of ether oxygens (including phenoxy) is 1. The van der Waals surface area contributed by atoms with Gasteiger partial charge >= 0.3 is 5.97 Å². The Morgan fingerprint density at radius 1 is 1.19 bits per heavy atom. The Labute approximate surface area is 159 Å². The highest BCUT2D eigenvalue weighted by molar-refractivity contribution is 5.99. The van der Waals surface area contributed by atoms with Gasteiger partial charge in [-0.3, -0.25) is 14.4 Å². The maximum Gasteiger partial charge on any atom is 0.309 e. The number of amides is 1. The minimum Gasteiger partial charge on any atom is -0.457 e. The Morgan fingerprint density at radius 2 is 1.89 bits per heavy atom. The van der Waals surface area contributed by atoms with E-state index in [1.807, 2.05) is 0 Å². The third-order valence-electron chi connectivity index (χ3n) is 5.08. The number of benzene rings is 1. The minimum absolute atomic E-state index is 0.153. The molecule has 6 heteroatoms. The van der Waals surface area contributed by atoms with E-state index in [2.05, 4.69) is 12.2 Å². The molecule has 1 fully saturated rings. The molecule has 148 valence electrons. The van der Waals surface area contributed by atoms with Crippen molar-refractivity contribution in [2.75, 3.05) is 11.9 Å². The number of rotatable bonds is 8. The standard InChI is InChI=1S/C21H28FNO4/c1-3-4-5-15-6-8-16(9-7-15)21(26)27-13-20(25)18-11-10-17(12-19(18)22)23-14(2)24/h10-12,15-16H,3-9,13H2,1-2H3,(H,23,24). The summed E-state index contributed by atoms with van der Waals surface area (Å²) in [6, 6.07) is 3.81. The van der Waals surface area contributed by atoms with Gasteiger partial charge in [-0.1, -0.05) is 26.2 Å². The van der Waals surface area contributed by atoms with Gasteiger partial charge in [0, 0.05) is 12.6 Å².